The van der Waals surface area contributed by atoms with E-state index in [0.717, 1.165) is 12.2 Å². The van der Waals surface area contributed by atoms with Crippen molar-refractivity contribution < 1.29 is 14.3 Å². The first-order chi connectivity index (χ1) is 12.7. The SMILES string of the molecule is CC(C)(C)OC(=O)N1CCCC1C(=O)N1CCN(c2cccc(Cl)n2)CC1. The molecular formula is C19H27ClN4O3. The third-order valence-corrected chi connectivity index (χ3v) is 4.99. The molecule has 2 aliphatic heterocycles. The smallest absolute Gasteiger partial charge is 0.410 e. The third-order valence-electron chi connectivity index (χ3n) is 4.78. The number of carbonyl (C=O) groups is 2. The van der Waals surface area contributed by atoms with Gasteiger partial charge in [-0.2, -0.15) is 0 Å². The van der Waals surface area contributed by atoms with Gasteiger partial charge < -0.3 is 14.5 Å². The number of anilines is 1. The quantitative estimate of drug-likeness (QED) is 0.721. The van der Waals surface area contributed by atoms with Gasteiger partial charge in [0.25, 0.3) is 0 Å². The summed E-state index contributed by atoms with van der Waals surface area (Å²) in [4.78, 5) is 35.3. The van der Waals surface area contributed by atoms with Crippen LogP contribution in [0.1, 0.15) is 33.6 Å². The molecule has 0 bridgehead atoms. The van der Waals surface area contributed by atoms with Gasteiger partial charge >= 0.3 is 6.09 Å². The summed E-state index contributed by atoms with van der Waals surface area (Å²) in [7, 11) is 0. The Hall–Kier alpha value is -2.02. The summed E-state index contributed by atoms with van der Waals surface area (Å²) in [6.45, 7) is 8.66. The Morgan fingerprint density at radius 2 is 1.85 bits per heavy atom. The highest BCUT2D eigenvalue weighted by Crippen LogP contribution is 2.24. The number of aromatic nitrogens is 1. The second kappa shape index (κ2) is 7.92. The lowest BCUT2D eigenvalue weighted by Crippen LogP contribution is -2.55. The van der Waals surface area contributed by atoms with Crippen LogP contribution in [0.2, 0.25) is 5.15 Å². The molecular weight excluding hydrogens is 368 g/mol. The molecule has 1 aromatic heterocycles. The fraction of sp³-hybridized carbons (Fsp3) is 0.632. The van der Waals surface area contributed by atoms with E-state index in [1.807, 2.05) is 37.8 Å². The largest absolute Gasteiger partial charge is 0.444 e. The van der Waals surface area contributed by atoms with E-state index < -0.39 is 17.7 Å². The number of amides is 2. The molecule has 0 aromatic carbocycles. The Kier molecular flexibility index (Phi) is 5.79. The molecule has 1 atom stereocenters. The van der Waals surface area contributed by atoms with Gasteiger partial charge in [0.05, 0.1) is 0 Å². The van der Waals surface area contributed by atoms with E-state index in [0.29, 0.717) is 44.3 Å². The van der Waals surface area contributed by atoms with Crippen LogP contribution in [0.25, 0.3) is 0 Å². The van der Waals surface area contributed by atoms with Crippen molar-refractivity contribution in [3.63, 3.8) is 0 Å². The number of pyridine rings is 1. The highest BCUT2D eigenvalue weighted by Gasteiger charge is 2.39. The maximum atomic E-state index is 13.0. The van der Waals surface area contributed by atoms with Gasteiger partial charge in [-0.25, -0.2) is 9.78 Å². The molecule has 0 spiro atoms. The van der Waals surface area contributed by atoms with E-state index in [1.54, 1.807) is 11.0 Å². The molecule has 2 amide bonds. The van der Waals surface area contributed by atoms with E-state index in [1.165, 1.54) is 0 Å². The molecule has 0 N–H and O–H groups in total. The number of hydrogen-bond donors (Lipinski definition) is 0. The van der Waals surface area contributed by atoms with Crippen molar-refractivity contribution in [2.75, 3.05) is 37.6 Å². The van der Waals surface area contributed by atoms with Gasteiger partial charge in [0.1, 0.15) is 22.6 Å². The van der Waals surface area contributed by atoms with Crippen LogP contribution in [0.4, 0.5) is 10.6 Å². The van der Waals surface area contributed by atoms with Crippen molar-refractivity contribution in [2.45, 2.75) is 45.3 Å². The minimum Gasteiger partial charge on any atom is -0.444 e. The molecule has 0 saturated carbocycles. The number of likely N-dealkylation sites (tertiary alicyclic amines) is 1. The van der Waals surface area contributed by atoms with Crippen LogP contribution in [0.3, 0.4) is 0 Å². The number of halogens is 1. The Balaban J connectivity index is 1.59. The predicted octanol–water partition coefficient (Wildman–Crippen LogP) is 2.78. The van der Waals surface area contributed by atoms with Gasteiger partial charge in [0.2, 0.25) is 5.91 Å². The summed E-state index contributed by atoms with van der Waals surface area (Å²) in [6.07, 6.45) is 1.11. The molecule has 2 fully saturated rings. The summed E-state index contributed by atoms with van der Waals surface area (Å²) < 4.78 is 5.46. The van der Waals surface area contributed by atoms with Crippen LogP contribution >= 0.6 is 11.6 Å². The number of rotatable bonds is 2. The predicted molar refractivity (Wildman–Crippen MR) is 104 cm³/mol. The minimum atomic E-state index is -0.567. The molecule has 148 valence electrons. The summed E-state index contributed by atoms with van der Waals surface area (Å²) in [5.74, 6) is 0.836. The van der Waals surface area contributed by atoms with Crippen LogP contribution in [-0.2, 0) is 9.53 Å². The number of piperazine rings is 1. The lowest BCUT2D eigenvalue weighted by molar-refractivity contribution is -0.136. The van der Waals surface area contributed by atoms with Gasteiger partial charge in [-0.15, -0.1) is 0 Å². The van der Waals surface area contributed by atoms with Crippen molar-refractivity contribution in [3.8, 4) is 0 Å². The average Bonchev–Trinajstić information content (AvgIpc) is 3.10. The Morgan fingerprint density at radius 1 is 1.15 bits per heavy atom. The number of ether oxygens (including phenoxy) is 1. The molecule has 1 unspecified atom stereocenters. The Morgan fingerprint density at radius 3 is 2.48 bits per heavy atom. The van der Waals surface area contributed by atoms with Crippen LogP contribution in [0, 0.1) is 0 Å². The highest BCUT2D eigenvalue weighted by molar-refractivity contribution is 6.29. The number of nitrogens with zero attached hydrogens (tertiary/aromatic N) is 4. The topological polar surface area (TPSA) is 66.0 Å². The molecule has 3 heterocycles. The standard InChI is InChI=1S/C19H27ClN4O3/c1-19(2,3)27-18(26)24-9-5-6-14(24)17(25)23-12-10-22(11-13-23)16-8-4-7-15(20)21-16/h4,7-8,14H,5-6,9-13H2,1-3H3. The third kappa shape index (κ3) is 4.83. The molecule has 0 aliphatic carbocycles. The minimum absolute atomic E-state index is 0.0112. The number of carbonyl (C=O) groups excluding carboxylic acids is 2. The van der Waals surface area contributed by atoms with Gasteiger partial charge in [-0.1, -0.05) is 17.7 Å². The summed E-state index contributed by atoms with van der Waals surface area (Å²) >= 11 is 5.97. The van der Waals surface area contributed by atoms with Crippen LogP contribution in [0.15, 0.2) is 18.2 Å². The monoisotopic (exact) mass is 394 g/mol. The lowest BCUT2D eigenvalue weighted by atomic mass is 10.1. The van der Waals surface area contributed by atoms with E-state index in [4.69, 9.17) is 16.3 Å². The highest BCUT2D eigenvalue weighted by atomic mass is 35.5. The second-order valence-corrected chi connectivity index (χ2v) is 8.35. The molecule has 27 heavy (non-hydrogen) atoms. The molecule has 2 aliphatic rings. The van der Waals surface area contributed by atoms with Gasteiger partial charge in [0, 0.05) is 32.7 Å². The van der Waals surface area contributed by atoms with Crippen molar-refractivity contribution in [1.82, 2.24) is 14.8 Å². The van der Waals surface area contributed by atoms with Crippen molar-refractivity contribution in [3.05, 3.63) is 23.4 Å². The van der Waals surface area contributed by atoms with Gasteiger partial charge in [-0.05, 0) is 45.7 Å². The molecule has 3 rings (SSSR count). The first-order valence-corrected chi connectivity index (χ1v) is 9.78. The Labute approximate surface area is 165 Å². The Bertz CT molecular complexity index is 698. The first-order valence-electron chi connectivity index (χ1n) is 9.40. The van der Waals surface area contributed by atoms with Crippen LogP contribution < -0.4 is 4.90 Å². The first kappa shape index (κ1) is 19.7. The van der Waals surface area contributed by atoms with Crippen molar-refractivity contribution in [1.29, 1.82) is 0 Å². The fourth-order valence-electron chi connectivity index (χ4n) is 3.50. The van der Waals surface area contributed by atoms with E-state index in [9.17, 15) is 9.59 Å². The molecule has 7 nitrogen and oxygen atoms in total. The van der Waals surface area contributed by atoms with Gasteiger partial charge in [-0.3, -0.25) is 9.69 Å². The van der Waals surface area contributed by atoms with Crippen LogP contribution in [0.5, 0.6) is 0 Å². The second-order valence-electron chi connectivity index (χ2n) is 7.96. The maximum absolute atomic E-state index is 13.0. The van der Waals surface area contributed by atoms with Crippen molar-refractivity contribution in [2.24, 2.45) is 0 Å². The molecule has 2 saturated heterocycles. The van der Waals surface area contributed by atoms with Crippen LogP contribution in [-0.4, -0.2) is 71.2 Å². The zero-order chi connectivity index (χ0) is 19.6. The summed E-state index contributed by atoms with van der Waals surface area (Å²) in [6, 6.07) is 5.12. The van der Waals surface area contributed by atoms with Gasteiger partial charge in [0.15, 0.2) is 0 Å². The lowest BCUT2D eigenvalue weighted by Gasteiger charge is -2.38. The summed E-state index contributed by atoms with van der Waals surface area (Å²) in [5.41, 5.74) is -0.567. The van der Waals surface area contributed by atoms with E-state index >= 15 is 0 Å². The van der Waals surface area contributed by atoms with Crippen molar-refractivity contribution >= 4 is 29.4 Å². The zero-order valence-corrected chi connectivity index (χ0v) is 16.9. The fourth-order valence-corrected chi connectivity index (χ4v) is 3.66. The molecule has 0 radical (unpaired) electrons. The maximum Gasteiger partial charge on any atom is 0.410 e. The zero-order valence-electron chi connectivity index (χ0n) is 16.2. The van der Waals surface area contributed by atoms with E-state index in [2.05, 4.69) is 9.88 Å². The summed E-state index contributed by atoms with van der Waals surface area (Å²) in [5, 5.41) is 0.463. The average molecular weight is 395 g/mol. The van der Waals surface area contributed by atoms with E-state index in [-0.39, 0.29) is 5.91 Å². The molecule has 1 aromatic rings. The number of hydrogen-bond acceptors (Lipinski definition) is 5. The normalized spacial score (nSPS) is 20.7. The molecule has 8 heteroatoms.